The van der Waals surface area contributed by atoms with E-state index >= 15 is 0 Å². The Morgan fingerprint density at radius 2 is 1.85 bits per heavy atom. The van der Waals surface area contributed by atoms with E-state index in [0.29, 0.717) is 18.6 Å². The van der Waals surface area contributed by atoms with Gasteiger partial charge in [0.05, 0.1) is 12.7 Å². The Morgan fingerprint density at radius 3 is 2.30 bits per heavy atom. The van der Waals surface area contributed by atoms with Gasteiger partial charge < -0.3 is 15.2 Å². The first kappa shape index (κ1) is 16.2. The summed E-state index contributed by atoms with van der Waals surface area (Å²) in [5, 5.41) is 11.4. The second kappa shape index (κ2) is 7.65. The fraction of sp³-hybridized carbons (Fsp3) is 0.467. The topological polar surface area (TPSA) is 75.6 Å². The standard InChI is InChI=1S/C15H21NO4/c1-4-13(15(18)19)16-14(17)12-7-5-11(6-8-12)9-20-10(2)3/h5-8,10,13H,4,9H2,1-3H3,(H,16,17)(H,18,19)/t13-/m1/s1. The van der Waals surface area contributed by atoms with Crippen LogP contribution in [0.4, 0.5) is 0 Å². The van der Waals surface area contributed by atoms with Gasteiger partial charge in [0.15, 0.2) is 0 Å². The normalized spacial score (nSPS) is 12.2. The summed E-state index contributed by atoms with van der Waals surface area (Å²) in [6.07, 6.45) is 0.500. The minimum atomic E-state index is -1.03. The minimum absolute atomic E-state index is 0.152. The molecule has 0 aliphatic carbocycles. The van der Waals surface area contributed by atoms with E-state index in [-0.39, 0.29) is 12.0 Å². The number of amides is 1. The van der Waals surface area contributed by atoms with Gasteiger partial charge in [-0.1, -0.05) is 19.1 Å². The number of carboxylic acid groups (broad SMARTS) is 1. The molecule has 0 radical (unpaired) electrons. The Morgan fingerprint density at radius 1 is 1.25 bits per heavy atom. The lowest BCUT2D eigenvalue weighted by atomic mass is 10.1. The zero-order valence-electron chi connectivity index (χ0n) is 12.1. The van der Waals surface area contributed by atoms with Crippen LogP contribution in [-0.2, 0) is 16.1 Å². The summed E-state index contributed by atoms with van der Waals surface area (Å²) in [4.78, 5) is 22.8. The number of nitrogens with one attached hydrogen (secondary N) is 1. The molecule has 0 bridgehead atoms. The molecule has 0 heterocycles. The van der Waals surface area contributed by atoms with Gasteiger partial charge in [0.1, 0.15) is 6.04 Å². The highest BCUT2D eigenvalue weighted by Crippen LogP contribution is 2.07. The van der Waals surface area contributed by atoms with Crippen LogP contribution in [0.5, 0.6) is 0 Å². The van der Waals surface area contributed by atoms with Crippen molar-refractivity contribution in [3.8, 4) is 0 Å². The number of carboxylic acids is 1. The van der Waals surface area contributed by atoms with Gasteiger partial charge in [-0.2, -0.15) is 0 Å². The van der Waals surface area contributed by atoms with Crippen molar-refractivity contribution in [3.05, 3.63) is 35.4 Å². The van der Waals surface area contributed by atoms with Crippen molar-refractivity contribution in [1.29, 1.82) is 0 Å². The van der Waals surface area contributed by atoms with Gasteiger partial charge in [0.2, 0.25) is 0 Å². The van der Waals surface area contributed by atoms with Crippen LogP contribution in [0.3, 0.4) is 0 Å². The number of ether oxygens (including phenoxy) is 1. The largest absolute Gasteiger partial charge is 0.480 e. The molecule has 1 aromatic rings. The number of rotatable bonds is 7. The second-order valence-electron chi connectivity index (χ2n) is 4.83. The maximum Gasteiger partial charge on any atom is 0.326 e. The molecule has 0 aliphatic heterocycles. The Kier molecular flexibility index (Phi) is 6.18. The van der Waals surface area contributed by atoms with Gasteiger partial charge in [-0.25, -0.2) is 4.79 Å². The molecule has 0 spiro atoms. The van der Waals surface area contributed by atoms with E-state index in [0.717, 1.165) is 5.56 Å². The van der Waals surface area contributed by atoms with Crippen molar-refractivity contribution in [2.24, 2.45) is 0 Å². The molecule has 0 aromatic heterocycles. The van der Waals surface area contributed by atoms with E-state index in [1.807, 2.05) is 13.8 Å². The van der Waals surface area contributed by atoms with Crippen LogP contribution in [0.1, 0.15) is 43.1 Å². The van der Waals surface area contributed by atoms with E-state index in [2.05, 4.69) is 5.32 Å². The average Bonchev–Trinajstić information content (AvgIpc) is 2.42. The van der Waals surface area contributed by atoms with Crippen LogP contribution in [0, 0.1) is 0 Å². The number of hydrogen-bond donors (Lipinski definition) is 2. The molecule has 1 rings (SSSR count). The molecule has 2 N–H and O–H groups in total. The lowest BCUT2D eigenvalue weighted by molar-refractivity contribution is -0.139. The van der Waals surface area contributed by atoms with Crippen LogP contribution < -0.4 is 5.32 Å². The van der Waals surface area contributed by atoms with E-state index in [1.54, 1.807) is 31.2 Å². The van der Waals surface area contributed by atoms with Gasteiger partial charge in [-0.15, -0.1) is 0 Å². The van der Waals surface area contributed by atoms with E-state index in [4.69, 9.17) is 9.84 Å². The minimum Gasteiger partial charge on any atom is -0.480 e. The Labute approximate surface area is 118 Å². The van der Waals surface area contributed by atoms with E-state index in [1.165, 1.54) is 0 Å². The van der Waals surface area contributed by atoms with Gasteiger partial charge >= 0.3 is 5.97 Å². The van der Waals surface area contributed by atoms with Gasteiger partial charge in [0.25, 0.3) is 5.91 Å². The molecule has 1 atom stereocenters. The third-order valence-electron chi connectivity index (χ3n) is 2.81. The third kappa shape index (κ3) is 5.01. The highest BCUT2D eigenvalue weighted by atomic mass is 16.5. The third-order valence-corrected chi connectivity index (χ3v) is 2.81. The first-order valence-corrected chi connectivity index (χ1v) is 6.68. The maximum absolute atomic E-state index is 11.9. The number of carbonyl (C=O) groups excluding carboxylic acids is 1. The maximum atomic E-state index is 11.9. The monoisotopic (exact) mass is 279 g/mol. The summed E-state index contributed by atoms with van der Waals surface area (Å²) >= 11 is 0. The molecule has 110 valence electrons. The van der Waals surface area contributed by atoms with Crippen molar-refractivity contribution < 1.29 is 19.4 Å². The SMILES string of the molecule is CC[C@@H](NC(=O)c1ccc(COC(C)C)cc1)C(=O)O. The molecule has 0 fully saturated rings. The molecule has 1 aromatic carbocycles. The first-order valence-electron chi connectivity index (χ1n) is 6.68. The lowest BCUT2D eigenvalue weighted by Gasteiger charge is -2.12. The predicted octanol–water partition coefficient (Wildman–Crippen LogP) is 2.20. The lowest BCUT2D eigenvalue weighted by Crippen LogP contribution is -2.40. The Balaban J connectivity index is 2.63. The second-order valence-corrected chi connectivity index (χ2v) is 4.83. The van der Waals surface area contributed by atoms with Crippen molar-refractivity contribution in [1.82, 2.24) is 5.32 Å². The fourth-order valence-electron chi connectivity index (χ4n) is 1.60. The summed E-state index contributed by atoms with van der Waals surface area (Å²) < 4.78 is 5.46. The van der Waals surface area contributed by atoms with Crippen LogP contribution in [0.25, 0.3) is 0 Å². The van der Waals surface area contributed by atoms with Crippen LogP contribution >= 0.6 is 0 Å². The van der Waals surface area contributed by atoms with Crippen molar-refractivity contribution in [2.45, 2.75) is 45.9 Å². The zero-order chi connectivity index (χ0) is 15.1. The summed E-state index contributed by atoms with van der Waals surface area (Å²) in [7, 11) is 0. The van der Waals surface area contributed by atoms with Gasteiger partial charge in [0, 0.05) is 5.56 Å². The Bertz CT molecular complexity index is 453. The van der Waals surface area contributed by atoms with Crippen molar-refractivity contribution in [3.63, 3.8) is 0 Å². The molecule has 1 amide bonds. The summed E-state index contributed by atoms with van der Waals surface area (Å²) in [5.41, 5.74) is 1.42. The van der Waals surface area contributed by atoms with Crippen LogP contribution in [0.2, 0.25) is 0 Å². The number of hydrogen-bond acceptors (Lipinski definition) is 3. The smallest absolute Gasteiger partial charge is 0.326 e. The predicted molar refractivity (Wildman–Crippen MR) is 75.5 cm³/mol. The molecule has 0 aliphatic rings. The van der Waals surface area contributed by atoms with Crippen molar-refractivity contribution >= 4 is 11.9 Å². The molecule has 20 heavy (non-hydrogen) atoms. The van der Waals surface area contributed by atoms with Crippen LogP contribution in [0.15, 0.2) is 24.3 Å². The molecular formula is C15H21NO4. The molecular weight excluding hydrogens is 258 g/mol. The summed E-state index contributed by atoms with van der Waals surface area (Å²) in [6.45, 7) is 6.12. The zero-order valence-corrected chi connectivity index (χ0v) is 12.1. The van der Waals surface area contributed by atoms with Crippen molar-refractivity contribution in [2.75, 3.05) is 0 Å². The molecule has 5 heteroatoms. The molecule has 0 saturated heterocycles. The fourth-order valence-corrected chi connectivity index (χ4v) is 1.60. The first-order chi connectivity index (χ1) is 9.43. The van der Waals surface area contributed by atoms with E-state index in [9.17, 15) is 9.59 Å². The summed E-state index contributed by atoms with van der Waals surface area (Å²) in [5.74, 6) is -1.40. The Hall–Kier alpha value is -1.88. The van der Waals surface area contributed by atoms with E-state index < -0.39 is 12.0 Å². The average molecular weight is 279 g/mol. The van der Waals surface area contributed by atoms with Crippen LogP contribution in [-0.4, -0.2) is 29.1 Å². The van der Waals surface area contributed by atoms with Gasteiger partial charge in [-0.05, 0) is 38.0 Å². The highest BCUT2D eigenvalue weighted by molar-refractivity contribution is 5.96. The molecule has 0 unspecified atom stereocenters. The quantitative estimate of drug-likeness (QED) is 0.802. The molecule has 0 saturated carbocycles. The highest BCUT2D eigenvalue weighted by Gasteiger charge is 2.18. The number of carbonyl (C=O) groups is 2. The number of aliphatic carboxylic acids is 1. The molecule has 5 nitrogen and oxygen atoms in total. The number of benzene rings is 1. The summed E-state index contributed by atoms with van der Waals surface area (Å²) in [6, 6.07) is 6.09. The van der Waals surface area contributed by atoms with Gasteiger partial charge in [-0.3, -0.25) is 4.79 Å².